The zero-order chi connectivity index (χ0) is 37.0. The molecule has 0 fully saturated rings. The zero-order valence-electron chi connectivity index (χ0n) is 30.7. The Kier molecular flexibility index (Phi) is 7.53. The Labute approximate surface area is 325 Å². The number of rotatable bonds is 6. The van der Waals surface area contributed by atoms with Gasteiger partial charge in [0.05, 0.1) is 11.0 Å². The molecule has 262 valence electrons. The van der Waals surface area contributed by atoms with Gasteiger partial charge in [-0.05, 0) is 121 Å². The SMILES string of the molecule is c1ccc(-c2cc(N(c3ccccc3)c3ccc(-n4c5ccccc5c5ccccc54)cc3)ccc2-c2cc3ccccc3c3c2ccc2ccccc23)cc1. The molecule has 1 aromatic heterocycles. The predicted octanol–water partition coefficient (Wildman–Crippen LogP) is 15.0. The third kappa shape index (κ3) is 5.19. The molecule has 0 atom stereocenters. The van der Waals surface area contributed by atoms with Crippen molar-refractivity contribution in [3.05, 3.63) is 218 Å². The minimum absolute atomic E-state index is 1.09. The summed E-state index contributed by atoms with van der Waals surface area (Å²) in [6.45, 7) is 0. The van der Waals surface area contributed by atoms with E-state index in [4.69, 9.17) is 0 Å². The highest BCUT2D eigenvalue weighted by atomic mass is 15.1. The van der Waals surface area contributed by atoms with Crippen LogP contribution >= 0.6 is 0 Å². The van der Waals surface area contributed by atoms with Crippen molar-refractivity contribution < 1.29 is 0 Å². The van der Waals surface area contributed by atoms with Crippen LogP contribution in [0.4, 0.5) is 17.1 Å². The monoisotopic (exact) mass is 712 g/mol. The summed E-state index contributed by atoms with van der Waals surface area (Å²) < 4.78 is 2.38. The summed E-state index contributed by atoms with van der Waals surface area (Å²) in [5.41, 5.74) is 11.7. The van der Waals surface area contributed by atoms with E-state index >= 15 is 0 Å². The quantitative estimate of drug-likeness (QED) is 0.156. The van der Waals surface area contributed by atoms with E-state index < -0.39 is 0 Å². The van der Waals surface area contributed by atoms with Crippen molar-refractivity contribution >= 4 is 71.2 Å². The molecule has 0 saturated carbocycles. The van der Waals surface area contributed by atoms with Crippen LogP contribution in [0.1, 0.15) is 0 Å². The fraction of sp³-hybridized carbons (Fsp3) is 0. The average molecular weight is 713 g/mol. The van der Waals surface area contributed by atoms with Gasteiger partial charge in [0.1, 0.15) is 0 Å². The van der Waals surface area contributed by atoms with Crippen LogP contribution < -0.4 is 4.90 Å². The van der Waals surface area contributed by atoms with Gasteiger partial charge in [-0.1, -0.05) is 152 Å². The molecule has 11 aromatic rings. The van der Waals surface area contributed by atoms with Crippen molar-refractivity contribution in [2.24, 2.45) is 0 Å². The van der Waals surface area contributed by atoms with Crippen molar-refractivity contribution in [3.8, 4) is 27.9 Å². The molecule has 0 aliphatic heterocycles. The minimum Gasteiger partial charge on any atom is -0.310 e. The van der Waals surface area contributed by atoms with Gasteiger partial charge in [0, 0.05) is 33.5 Å². The van der Waals surface area contributed by atoms with Crippen molar-refractivity contribution in [2.75, 3.05) is 4.90 Å². The Morgan fingerprint density at radius 3 is 1.54 bits per heavy atom. The first kappa shape index (κ1) is 32.0. The predicted molar refractivity (Wildman–Crippen MR) is 239 cm³/mol. The summed E-state index contributed by atoms with van der Waals surface area (Å²) >= 11 is 0. The van der Waals surface area contributed by atoms with Crippen LogP contribution in [-0.2, 0) is 0 Å². The molecule has 1 heterocycles. The van der Waals surface area contributed by atoms with Crippen LogP contribution in [0.15, 0.2) is 218 Å². The van der Waals surface area contributed by atoms with Crippen LogP contribution in [0, 0.1) is 0 Å². The highest BCUT2D eigenvalue weighted by molar-refractivity contribution is 6.24. The Balaban J connectivity index is 1.11. The average Bonchev–Trinajstić information content (AvgIpc) is 3.61. The van der Waals surface area contributed by atoms with Gasteiger partial charge in [-0.15, -0.1) is 0 Å². The largest absolute Gasteiger partial charge is 0.310 e. The highest BCUT2D eigenvalue weighted by Crippen LogP contribution is 2.45. The van der Waals surface area contributed by atoms with E-state index in [2.05, 4.69) is 228 Å². The minimum atomic E-state index is 1.09. The Hall–Kier alpha value is -7.42. The van der Waals surface area contributed by atoms with Gasteiger partial charge in [0.25, 0.3) is 0 Å². The summed E-state index contributed by atoms with van der Waals surface area (Å²) in [5.74, 6) is 0. The van der Waals surface area contributed by atoms with E-state index in [1.54, 1.807) is 0 Å². The summed E-state index contributed by atoms with van der Waals surface area (Å²) in [5, 5.41) is 10.1. The molecule has 0 saturated heterocycles. The highest BCUT2D eigenvalue weighted by Gasteiger charge is 2.20. The molecular formula is C54H36N2. The number of hydrogen-bond donors (Lipinski definition) is 0. The lowest BCUT2D eigenvalue weighted by molar-refractivity contribution is 1.17. The second kappa shape index (κ2) is 13.2. The van der Waals surface area contributed by atoms with Crippen LogP contribution in [-0.4, -0.2) is 4.57 Å². The second-order valence-electron chi connectivity index (χ2n) is 14.5. The number of para-hydroxylation sites is 3. The van der Waals surface area contributed by atoms with Crippen molar-refractivity contribution in [3.63, 3.8) is 0 Å². The van der Waals surface area contributed by atoms with Gasteiger partial charge in [-0.3, -0.25) is 0 Å². The van der Waals surface area contributed by atoms with Gasteiger partial charge >= 0.3 is 0 Å². The number of hydrogen-bond acceptors (Lipinski definition) is 1. The van der Waals surface area contributed by atoms with Crippen LogP contribution in [0.25, 0.3) is 82.1 Å². The fourth-order valence-electron chi connectivity index (χ4n) is 8.83. The summed E-state index contributed by atoms with van der Waals surface area (Å²) in [7, 11) is 0. The molecule has 0 spiro atoms. The number of anilines is 3. The second-order valence-corrected chi connectivity index (χ2v) is 14.5. The Bertz CT molecular complexity index is 3160. The molecule has 0 aliphatic rings. The number of nitrogens with zero attached hydrogens (tertiary/aromatic N) is 2. The summed E-state index contributed by atoms with van der Waals surface area (Å²) in [6.07, 6.45) is 0. The van der Waals surface area contributed by atoms with E-state index in [0.29, 0.717) is 0 Å². The molecule has 0 bridgehead atoms. The van der Waals surface area contributed by atoms with Gasteiger partial charge < -0.3 is 9.47 Å². The Morgan fingerprint density at radius 1 is 0.304 bits per heavy atom. The third-order valence-electron chi connectivity index (χ3n) is 11.3. The molecule has 10 aromatic carbocycles. The molecule has 0 N–H and O–H groups in total. The summed E-state index contributed by atoms with van der Waals surface area (Å²) in [6, 6.07) is 79.5. The summed E-state index contributed by atoms with van der Waals surface area (Å²) in [4.78, 5) is 2.37. The zero-order valence-corrected chi connectivity index (χ0v) is 30.7. The van der Waals surface area contributed by atoms with E-state index in [1.165, 1.54) is 76.4 Å². The molecule has 0 unspecified atom stereocenters. The van der Waals surface area contributed by atoms with E-state index in [-0.39, 0.29) is 0 Å². The maximum Gasteiger partial charge on any atom is 0.0541 e. The van der Waals surface area contributed by atoms with E-state index in [0.717, 1.165) is 22.7 Å². The van der Waals surface area contributed by atoms with Gasteiger partial charge in [-0.25, -0.2) is 0 Å². The maximum atomic E-state index is 2.39. The first-order valence-corrected chi connectivity index (χ1v) is 19.3. The van der Waals surface area contributed by atoms with E-state index in [9.17, 15) is 0 Å². The molecule has 0 aliphatic carbocycles. The first-order chi connectivity index (χ1) is 27.8. The maximum absolute atomic E-state index is 2.39. The molecule has 0 radical (unpaired) electrons. The molecule has 11 rings (SSSR count). The smallest absolute Gasteiger partial charge is 0.0541 e. The normalized spacial score (nSPS) is 11.6. The van der Waals surface area contributed by atoms with Gasteiger partial charge in [-0.2, -0.15) is 0 Å². The van der Waals surface area contributed by atoms with Crippen molar-refractivity contribution in [1.29, 1.82) is 0 Å². The standard InChI is InChI=1S/C54H36N2/c1-3-15-37(16-4-1)50-36-43(32-34-46(50)51-35-39-18-8-10-22-45(39)54-44-21-9-7-17-38(44)27-33-49(51)54)55(40-19-5-2-6-20-40)41-28-30-42(31-29-41)56-52-25-13-11-23-47(52)48-24-12-14-26-53(48)56/h1-36H. The first-order valence-electron chi connectivity index (χ1n) is 19.3. The fourth-order valence-corrected chi connectivity index (χ4v) is 8.83. The molecule has 2 heteroatoms. The number of aromatic nitrogens is 1. The van der Waals surface area contributed by atoms with E-state index in [1.807, 2.05) is 0 Å². The molecule has 0 amide bonds. The van der Waals surface area contributed by atoms with Gasteiger partial charge in [0.2, 0.25) is 0 Å². The lowest BCUT2D eigenvalue weighted by Gasteiger charge is -2.27. The van der Waals surface area contributed by atoms with Gasteiger partial charge in [0.15, 0.2) is 0 Å². The van der Waals surface area contributed by atoms with Crippen molar-refractivity contribution in [1.82, 2.24) is 4.57 Å². The van der Waals surface area contributed by atoms with Crippen LogP contribution in [0.3, 0.4) is 0 Å². The van der Waals surface area contributed by atoms with Crippen LogP contribution in [0.5, 0.6) is 0 Å². The lowest BCUT2D eigenvalue weighted by Crippen LogP contribution is -2.10. The molecule has 56 heavy (non-hydrogen) atoms. The number of fused-ring (bicyclic) bond motifs is 8. The van der Waals surface area contributed by atoms with Crippen LogP contribution in [0.2, 0.25) is 0 Å². The third-order valence-corrected chi connectivity index (χ3v) is 11.3. The van der Waals surface area contributed by atoms with Crippen molar-refractivity contribution in [2.45, 2.75) is 0 Å². The molecular weight excluding hydrogens is 677 g/mol. The lowest BCUT2D eigenvalue weighted by atomic mass is 9.87. The Morgan fingerprint density at radius 2 is 0.839 bits per heavy atom. The number of benzene rings is 10. The topological polar surface area (TPSA) is 8.17 Å². The molecule has 2 nitrogen and oxygen atoms in total.